The van der Waals surface area contributed by atoms with Crippen LogP contribution in [-0.2, 0) is 23.9 Å². The summed E-state index contributed by atoms with van der Waals surface area (Å²) in [6.07, 6.45) is -0.400. The molecule has 1 aromatic carbocycles. The molecule has 1 atom stereocenters. The molecule has 0 bridgehead atoms. The Bertz CT molecular complexity index is 661. The van der Waals surface area contributed by atoms with Crippen molar-refractivity contribution >= 4 is 0 Å². The highest BCUT2D eigenvalue weighted by Gasteiger charge is 2.30. The summed E-state index contributed by atoms with van der Waals surface area (Å²) >= 11 is 0. The van der Waals surface area contributed by atoms with E-state index in [1.807, 2.05) is 12.1 Å². The highest BCUT2D eigenvalue weighted by molar-refractivity contribution is 5.26. The maximum absolute atomic E-state index is 12.8. The summed E-state index contributed by atoms with van der Waals surface area (Å²) < 4.78 is 44.2. The van der Waals surface area contributed by atoms with Crippen LogP contribution < -0.4 is 0 Å². The first-order valence-corrected chi connectivity index (χ1v) is 7.90. The Balaban J connectivity index is 1.61. The van der Waals surface area contributed by atoms with Crippen LogP contribution in [0.15, 0.2) is 48.8 Å². The number of pyridine rings is 1. The van der Waals surface area contributed by atoms with E-state index >= 15 is 0 Å². The average Bonchev–Trinajstić information content (AvgIpc) is 2.56. The second-order valence-corrected chi connectivity index (χ2v) is 5.99. The van der Waals surface area contributed by atoms with Gasteiger partial charge in [-0.1, -0.05) is 18.2 Å². The van der Waals surface area contributed by atoms with Crippen LogP contribution in [0.25, 0.3) is 0 Å². The predicted octanol–water partition coefficient (Wildman–Crippen LogP) is 3.54. The van der Waals surface area contributed by atoms with Gasteiger partial charge in [0.05, 0.1) is 18.3 Å². The van der Waals surface area contributed by atoms with Crippen LogP contribution in [0.5, 0.6) is 0 Å². The lowest BCUT2D eigenvalue weighted by Gasteiger charge is -2.33. The van der Waals surface area contributed by atoms with Gasteiger partial charge >= 0.3 is 6.18 Å². The van der Waals surface area contributed by atoms with E-state index in [0.29, 0.717) is 25.1 Å². The zero-order valence-electron chi connectivity index (χ0n) is 13.2. The summed E-state index contributed by atoms with van der Waals surface area (Å²) in [5, 5.41) is 0. The quantitative estimate of drug-likeness (QED) is 0.854. The molecular formula is C18H19F3N2O. The van der Waals surface area contributed by atoms with Crippen molar-refractivity contribution in [3.63, 3.8) is 0 Å². The van der Waals surface area contributed by atoms with E-state index in [-0.39, 0.29) is 6.10 Å². The number of aromatic nitrogens is 1. The SMILES string of the molecule is FC(F)(F)c1cccc(C[C@H]2CN(Cc3ccncc3)CCO2)c1. The molecule has 0 unspecified atom stereocenters. The number of halogens is 3. The number of nitrogens with zero attached hydrogens (tertiary/aromatic N) is 2. The molecule has 0 amide bonds. The highest BCUT2D eigenvalue weighted by Crippen LogP contribution is 2.30. The minimum absolute atomic E-state index is 0.0935. The molecule has 0 radical (unpaired) electrons. The minimum atomic E-state index is -4.31. The lowest BCUT2D eigenvalue weighted by Crippen LogP contribution is -2.42. The summed E-state index contributed by atoms with van der Waals surface area (Å²) in [6.45, 7) is 2.92. The van der Waals surface area contributed by atoms with Crippen LogP contribution in [0.4, 0.5) is 13.2 Å². The molecule has 24 heavy (non-hydrogen) atoms. The molecule has 0 aliphatic carbocycles. The second kappa shape index (κ2) is 7.32. The van der Waals surface area contributed by atoms with Crippen LogP contribution >= 0.6 is 0 Å². The summed E-state index contributed by atoms with van der Waals surface area (Å²) in [5.41, 5.74) is 1.22. The number of ether oxygens (including phenoxy) is 1. The van der Waals surface area contributed by atoms with Crippen LogP contribution in [-0.4, -0.2) is 35.7 Å². The van der Waals surface area contributed by atoms with E-state index < -0.39 is 11.7 Å². The van der Waals surface area contributed by atoms with Gasteiger partial charge in [0.25, 0.3) is 0 Å². The van der Waals surface area contributed by atoms with Crippen LogP contribution in [0.3, 0.4) is 0 Å². The maximum Gasteiger partial charge on any atom is 0.416 e. The Hall–Kier alpha value is -1.92. The van der Waals surface area contributed by atoms with Crippen molar-refractivity contribution < 1.29 is 17.9 Å². The number of alkyl halides is 3. The molecule has 2 aromatic rings. The number of morpholine rings is 1. The normalized spacial score (nSPS) is 19.4. The topological polar surface area (TPSA) is 25.4 Å². The fraction of sp³-hybridized carbons (Fsp3) is 0.389. The zero-order chi connectivity index (χ0) is 17.0. The Morgan fingerprint density at radius 3 is 2.67 bits per heavy atom. The maximum atomic E-state index is 12.8. The Labute approximate surface area is 139 Å². The Morgan fingerprint density at radius 1 is 1.12 bits per heavy atom. The first-order valence-electron chi connectivity index (χ1n) is 7.90. The van der Waals surface area contributed by atoms with Gasteiger partial charge in [-0.05, 0) is 35.7 Å². The van der Waals surface area contributed by atoms with Gasteiger partial charge in [-0.15, -0.1) is 0 Å². The van der Waals surface area contributed by atoms with E-state index in [1.54, 1.807) is 18.5 Å². The average molecular weight is 336 g/mol. The van der Waals surface area contributed by atoms with Gasteiger partial charge in [0.2, 0.25) is 0 Å². The fourth-order valence-electron chi connectivity index (χ4n) is 2.93. The molecular weight excluding hydrogens is 317 g/mol. The van der Waals surface area contributed by atoms with Gasteiger partial charge in [0, 0.05) is 32.0 Å². The van der Waals surface area contributed by atoms with Crippen molar-refractivity contribution in [2.24, 2.45) is 0 Å². The summed E-state index contributed by atoms with van der Waals surface area (Å²) in [6, 6.07) is 9.43. The van der Waals surface area contributed by atoms with Crippen molar-refractivity contribution in [2.45, 2.75) is 25.2 Å². The third-order valence-corrected chi connectivity index (χ3v) is 4.10. The van der Waals surface area contributed by atoms with Crippen molar-refractivity contribution in [3.8, 4) is 0 Å². The molecule has 0 N–H and O–H groups in total. The molecule has 3 nitrogen and oxygen atoms in total. The molecule has 2 heterocycles. The molecule has 6 heteroatoms. The number of hydrogen-bond acceptors (Lipinski definition) is 3. The predicted molar refractivity (Wildman–Crippen MR) is 84.4 cm³/mol. The fourth-order valence-corrected chi connectivity index (χ4v) is 2.93. The molecule has 1 aliphatic heterocycles. The number of rotatable bonds is 4. The third kappa shape index (κ3) is 4.55. The standard InChI is InChI=1S/C18H19F3N2O/c19-18(20,21)16-3-1-2-15(10-16)11-17-13-23(8-9-24-17)12-14-4-6-22-7-5-14/h1-7,10,17H,8-9,11-13H2/t17-/m0/s1. The van der Waals surface area contributed by atoms with Crippen LogP contribution in [0.2, 0.25) is 0 Å². The lowest BCUT2D eigenvalue weighted by molar-refractivity contribution is -0.137. The van der Waals surface area contributed by atoms with E-state index in [4.69, 9.17) is 4.74 Å². The number of hydrogen-bond donors (Lipinski definition) is 0. The zero-order valence-corrected chi connectivity index (χ0v) is 13.2. The Morgan fingerprint density at radius 2 is 1.92 bits per heavy atom. The van der Waals surface area contributed by atoms with Gasteiger partial charge in [-0.25, -0.2) is 0 Å². The molecule has 1 saturated heterocycles. The molecule has 0 saturated carbocycles. The van der Waals surface area contributed by atoms with Crippen molar-refractivity contribution in [1.82, 2.24) is 9.88 Å². The van der Waals surface area contributed by atoms with E-state index in [2.05, 4.69) is 9.88 Å². The number of benzene rings is 1. The molecule has 3 rings (SSSR count). The monoisotopic (exact) mass is 336 g/mol. The molecule has 1 fully saturated rings. The van der Waals surface area contributed by atoms with Crippen LogP contribution in [0.1, 0.15) is 16.7 Å². The van der Waals surface area contributed by atoms with Gasteiger partial charge in [0.1, 0.15) is 0 Å². The second-order valence-electron chi connectivity index (χ2n) is 5.99. The van der Waals surface area contributed by atoms with Crippen molar-refractivity contribution in [3.05, 3.63) is 65.5 Å². The third-order valence-electron chi connectivity index (χ3n) is 4.10. The molecule has 1 aliphatic rings. The molecule has 128 valence electrons. The van der Waals surface area contributed by atoms with Gasteiger partial charge in [0.15, 0.2) is 0 Å². The van der Waals surface area contributed by atoms with Crippen molar-refractivity contribution in [1.29, 1.82) is 0 Å². The van der Waals surface area contributed by atoms with Gasteiger partial charge in [-0.2, -0.15) is 13.2 Å². The van der Waals surface area contributed by atoms with E-state index in [9.17, 15) is 13.2 Å². The lowest BCUT2D eigenvalue weighted by atomic mass is 10.0. The van der Waals surface area contributed by atoms with Gasteiger partial charge < -0.3 is 4.74 Å². The van der Waals surface area contributed by atoms with Crippen LogP contribution in [0, 0.1) is 0 Å². The minimum Gasteiger partial charge on any atom is -0.375 e. The van der Waals surface area contributed by atoms with E-state index in [0.717, 1.165) is 19.2 Å². The largest absolute Gasteiger partial charge is 0.416 e. The molecule has 0 spiro atoms. The van der Waals surface area contributed by atoms with E-state index in [1.165, 1.54) is 17.7 Å². The Kier molecular flexibility index (Phi) is 5.16. The first kappa shape index (κ1) is 16.9. The highest BCUT2D eigenvalue weighted by atomic mass is 19.4. The summed E-state index contributed by atoms with van der Waals surface area (Å²) in [4.78, 5) is 6.26. The summed E-state index contributed by atoms with van der Waals surface area (Å²) in [5.74, 6) is 0. The van der Waals surface area contributed by atoms with Gasteiger partial charge in [-0.3, -0.25) is 9.88 Å². The molecule has 1 aromatic heterocycles. The van der Waals surface area contributed by atoms with Crippen molar-refractivity contribution in [2.75, 3.05) is 19.7 Å². The first-order chi connectivity index (χ1) is 11.5. The summed E-state index contributed by atoms with van der Waals surface area (Å²) in [7, 11) is 0. The smallest absolute Gasteiger partial charge is 0.375 e.